The van der Waals surface area contributed by atoms with E-state index in [0.29, 0.717) is 11.4 Å². The van der Waals surface area contributed by atoms with Crippen LogP contribution in [0.1, 0.15) is 12.0 Å². The average molecular weight is 276 g/mol. The number of halogens is 3. The maximum atomic E-state index is 13.3. The van der Waals surface area contributed by atoms with E-state index >= 15 is 0 Å². The Balaban J connectivity index is 2.10. The first-order valence-corrected chi connectivity index (χ1v) is 5.87. The van der Waals surface area contributed by atoms with Gasteiger partial charge in [0.05, 0.1) is 0 Å². The number of alkyl halides is 1. The SMILES string of the molecule is Fc1cccc(F)c1CN1CCC(Br)C1. The second-order valence-corrected chi connectivity index (χ2v) is 5.12. The van der Waals surface area contributed by atoms with Crippen LogP contribution in [0.5, 0.6) is 0 Å². The van der Waals surface area contributed by atoms with Crippen molar-refractivity contribution in [2.75, 3.05) is 13.1 Å². The highest BCUT2D eigenvalue weighted by Crippen LogP contribution is 2.21. The molecule has 2 rings (SSSR count). The lowest BCUT2D eigenvalue weighted by atomic mass is 10.2. The molecule has 1 nitrogen and oxygen atoms in total. The first kappa shape index (κ1) is 11.0. The van der Waals surface area contributed by atoms with Crippen LogP contribution in [0.4, 0.5) is 8.78 Å². The molecule has 1 aromatic rings. The van der Waals surface area contributed by atoms with Crippen molar-refractivity contribution in [1.29, 1.82) is 0 Å². The summed E-state index contributed by atoms with van der Waals surface area (Å²) in [5.74, 6) is -0.902. The molecular formula is C11H12BrF2N. The molecule has 0 radical (unpaired) electrons. The molecule has 0 aromatic heterocycles. The lowest BCUT2D eigenvalue weighted by Gasteiger charge is -2.15. The smallest absolute Gasteiger partial charge is 0.130 e. The van der Waals surface area contributed by atoms with Gasteiger partial charge in [-0.15, -0.1) is 0 Å². The maximum absolute atomic E-state index is 13.3. The third-order valence-corrected chi connectivity index (χ3v) is 3.41. The van der Waals surface area contributed by atoms with Crippen LogP contribution in [0.15, 0.2) is 18.2 Å². The summed E-state index contributed by atoms with van der Waals surface area (Å²) in [5.41, 5.74) is 0.180. The van der Waals surface area contributed by atoms with E-state index in [1.54, 1.807) is 0 Å². The normalized spacial score (nSPS) is 22.2. The van der Waals surface area contributed by atoms with Gasteiger partial charge in [-0.2, -0.15) is 0 Å². The minimum Gasteiger partial charge on any atom is -0.298 e. The predicted octanol–water partition coefficient (Wildman–Crippen LogP) is 2.93. The highest BCUT2D eigenvalue weighted by molar-refractivity contribution is 9.09. The highest BCUT2D eigenvalue weighted by atomic mass is 79.9. The Morgan fingerprint density at radius 3 is 2.53 bits per heavy atom. The molecule has 82 valence electrons. The number of rotatable bonds is 2. The van der Waals surface area contributed by atoms with Crippen molar-refractivity contribution in [2.45, 2.75) is 17.8 Å². The van der Waals surface area contributed by atoms with Crippen molar-refractivity contribution in [3.8, 4) is 0 Å². The molecule has 1 aliphatic heterocycles. The highest BCUT2D eigenvalue weighted by Gasteiger charge is 2.21. The van der Waals surface area contributed by atoms with Gasteiger partial charge in [0.15, 0.2) is 0 Å². The number of likely N-dealkylation sites (tertiary alicyclic amines) is 1. The number of hydrogen-bond donors (Lipinski definition) is 0. The molecule has 15 heavy (non-hydrogen) atoms. The Kier molecular flexibility index (Phi) is 3.36. The van der Waals surface area contributed by atoms with E-state index in [2.05, 4.69) is 20.8 Å². The Bertz CT molecular complexity index is 336. The molecule has 1 heterocycles. The molecule has 0 saturated carbocycles. The maximum Gasteiger partial charge on any atom is 0.130 e. The first-order valence-electron chi connectivity index (χ1n) is 4.96. The van der Waals surface area contributed by atoms with Gasteiger partial charge >= 0.3 is 0 Å². The number of benzene rings is 1. The zero-order valence-corrected chi connectivity index (χ0v) is 9.80. The van der Waals surface area contributed by atoms with Crippen LogP contribution in [0, 0.1) is 11.6 Å². The van der Waals surface area contributed by atoms with Crippen molar-refractivity contribution in [3.63, 3.8) is 0 Å². The third kappa shape index (κ3) is 2.55. The first-order chi connectivity index (χ1) is 7.16. The van der Waals surface area contributed by atoms with Crippen LogP contribution in [0.25, 0.3) is 0 Å². The standard InChI is InChI=1S/C11H12BrF2N/c12-8-4-5-15(6-8)7-9-10(13)2-1-3-11(9)14/h1-3,8H,4-7H2. The molecule has 1 saturated heterocycles. The van der Waals surface area contributed by atoms with Crippen LogP contribution in [-0.4, -0.2) is 22.8 Å². The van der Waals surface area contributed by atoms with Crippen molar-refractivity contribution >= 4 is 15.9 Å². The third-order valence-electron chi connectivity index (χ3n) is 2.66. The molecule has 0 amide bonds. The fourth-order valence-electron chi connectivity index (χ4n) is 1.84. The number of hydrogen-bond acceptors (Lipinski definition) is 1. The zero-order valence-electron chi connectivity index (χ0n) is 8.22. The Morgan fingerprint density at radius 1 is 1.33 bits per heavy atom. The molecule has 0 aliphatic carbocycles. The lowest BCUT2D eigenvalue weighted by Crippen LogP contribution is -2.21. The molecule has 1 fully saturated rings. The van der Waals surface area contributed by atoms with Crippen LogP contribution < -0.4 is 0 Å². The summed E-state index contributed by atoms with van der Waals surface area (Å²) in [6, 6.07) is 4.01. The van der Waals surface area contributed by atoms with Gasteiger partial charge in [-0.05, 0) is 25.1 Å². The fraction of sp³-hybridized carbons (Fsp3) is 0.455. The summed E-state index contributed by atoms with van der Waals surface area (Å²) in [7, 11) is 0. The largest absolute Gasteiger partial charge is 0.298 e. The van der Waals surface area contributed by atoms with E-state index < -0.39 is 11.6 Å². The van der Waals surface area contributed by atoms with Crippen molar-refractivity contribution in [3.05, 3.63) is 35.4 Å². The minimum absolute atomic E-state index is 0.180. The average Bonchev–Trinajstić information content (AvgIpc) is 2.58. The molecular weight excluding hydrogens is 264 g/mol. The van der Waals surface area contributed by atoms with Crippen molar-refractivity contribution in [1.82, 2.24) is 4.90 Å². The summed E-state index contributed by atoms with van der Waals surface area (Å²) >= 11 is 3.50. The van der Waals surface area contributed by atoms with Crippen LogP contribution in [0.2, 0.25) is 0 Å². The summed E-state index contributed by atoms with van der Waals surface area (Å²) < 4.78 is 26.6. The zero-order chi connectivity index (χ0) is 10.8. The van der Waals surface area contributed by atoms with Gasteiger partial charge in [0.1, 0.15) is 11.6 Å². The van der Waals surface area contributed by atoms with Crippen LogP contribution in [0.3, 0.4) is 0 Å². The van der Waals surface area contributed by atoms with E-state index in [1.807, 2.05) is 0 Å². The van der Waals surface area contributed by atoms with E-state index in [1.165, 1.54) is 18.2 Å². The Hall–Kier alpha value is -0.480. The monoisotopic (exact) mass is 275 g/mol. The lowest BCUT2D eigenvalue weighted by molar-refractivity contribution is 0.319. The number of nitrogens with zero attached hydrogens (tertiary/aromatic N) is 1. The molecule has 0 bridgehead atoms. The second kappa shape index (κ2) is 4.58. The molecule has 1 unspecified atom stereocenters. The molecule has 1 aromatic carbocycles. The quantitative estimate of drug-likeness (QED) is 0.751. The van der Waals surface area contributed by atoms with Gasteiger partial charge < -0.3 is 0 Å². The fourth-order valence-corrected chi connectivity index (χ4v) is 2.45. The van der Waals surface area contributed by atoms with E-state index in [4.69, 9.17) is 0 Å². The van der Waals surface area contributed by atoms with Gasteiger partial charge in [-0.1, -0.05) is 22.0 Å². The second-order valence-electron chi connectivity index (χ2n) is 3.82. The summed E-state index contributed by atoms with van der Waals surface area (Å²) in [4.78, 5) is 2.51. The molecule has 0 spiro atoms. The molecule has 4 heteroatoms. The Labute approximate surface area is 96.2 Å². The summed E-state index contributed by atoms with van der Waals surface area (Å²) in [6.07, 6.45) is 1.04. The van der Waals surface area contributed by atoms with Gasteiger partial charge in [0.2, 0.25) is 0 Å². The Morgan fingerprint density at radius 2 is 2.00 bits per heavy atom. The molecule has 1 aliphatic rings. The summed E-state index contributed by atoms with van der Waals surface area (Å²) in [5, 5.41) is 0. The minimum atomic E-state index is -0.451. The van der Waals surface area contributed by atoms with Crippen LogP contribution >= 0.6 is 15.9 Å². The van der Waals surface area contributed by atoms with Crippen molar-refractivity contribution in [2.24, 2.45) is 0 Å². The molecule has 1 atom stereocenters. The van der Waals surface area contributed by atoms with E-state index in [-0.39, 0.29) is 5.56 Å². The van der Waals surface area contributed by atoms with E-state index in [0.717, 1.165) is 19.5 Å². The van der Waals surface area contributed by atoms with Gasteiger partial charge in [-0.25, -0.2) is 8.78 Å². The van der Waals surface area contributed by atoms with Crippen LogP contribution in [-0.2, 0) is 6.54 Å². The topological polar surface area (TPSA) is 3.24 Å². The van der Waals surface area contributed by atoms with Gasteiger partial charge in [0, 0.05) is 23.5 Å². The van der Waals surface area contributed by atoms with Crippen molar-refractivity contribution < 1.29 is 8.78 Å². The van der Waals surface area contributed by atoms with Gasteiger partial charge in [0.25, 0.3) is 0 Å². The van der Waals surface area contributed by atoms with Gasteiger partial charge in [-0.3, -0.25) is 4.90 Å². The molecule has 0 N–H and O–H groups in total. The van der Waals surface area contributed by atoms with E-state index in [9.17, 15) is 8.78 Å². The summed E-state index contributed by atoms with van der Waals surface area (Å²) in [6.45, 7) is 2.11. The predicted molar refractivity (Wildman–Crippen MR) is 59.0 cm³/mol.